The van der Waals surface area contributed by atoms with Crippen LogP contribution in [-0.2, 0) is 9.53 Å². The molecule has 0 aromatic rings. The molecule has 0 N–H and O–H groups in total. The third kappa shape index (κ3) is 5.37. The van der Waals surface area contributed by atoms with Crippen LogP contribution in [0.4, 0.5) is 0 Å². The molecule has 0 aliphatic carbocycles. The Morgan fingerprint density at radius 1 is 1.78 bits per heavy atom. The van der Waals surface area contributed by atoms with Crippen molar-refractivity contribution in [2.24, 2.45) is 0 Å². The zero-order chi connectivity index (χ0) is 7.11. The van der Waals surface area contributed by atoms with Gasteiger partial charge in [-0.25, -0.2) is 4.79 Å². The van der Waals surface area contributed by atoms with E-state index >= 15 is 0 Å². The average Bonchev–Trinajstić information content (AvgIpc) is 1.85. The van der Waals surface area contributed by atoms with Crippen molar-refractivity contribution in [1.82, 2.24) is 0 Å². The van der Waals surface area contributed by atoms with E-state index in [1.807, 2.05) is 6.92 Å². The summed E-state index contributed by atoms with van der Waals surface area (Å²) in [6, 6.07) is 0. The van der Waals surface area contributed by atoms with Gasteiger partial charge in [0.2, 0.25) is 0 Å². The topological polar surface area (TPSA) is 26.3 Å². The summed E-state index contributed by atoms with van der Waals surface area (Å²) in [6.45, 7) is 2.39. The first kappa shape index (κ1) is 8.50. The van der Waals surface area contributed by atoms with Crippen molar-refractivity contribution in [1.29, 1.82) is 0 Å². The first-order chi connectivity index (χ1) is 4.31. The molecule has 0 rings (SSSR count). The van der Waals surface area contributed by atoms with Gasteiger partial charge in [0.15, 0.2) is 0 Å². The second-order valence-corrected chi connectivity index (χ2v) is 1.71. The molecule has 0 atom stereocenters. The molecule has 0 saturated heterocycles. The molecule has 0 amide bonds. The molecule has 2 nitrogen and oxygen atoms in total. The van der Waals surface area contributed by atoms with Gasteiger partial charge < -0.3 is 4.74 Å². The molecule has 3 heteroatoms. The minimum absolute atomic E-state index is 0.383. The van der Waals surface area contributed by atoms with E-state index in [2.05, 4.69) is 4.74 Å². The lowest BCUT2D eigenvalue weighted by atomic mass is 10.5. The van der Waals surface area contributed by atoms with Gasteiger partial charge in [0, 0.05) is 11.6 Å². The summed E-state index contributed by atoms with van der Waals surface area (Å²) in [4.78, 5) is 10.4. The van der Waals surface area contributed by atoms with Crippen LogP contribution in [-0.4, -0.2) is 12.6 Å². The summed E-state index contributed by atoms with van der Waals surface area (Å²) in [5.74, 6) is -0.383. The van der Waals surface area contributed by atoms with Crippen LogP contribution in [0.3, 0.4) is 0 Å². The van der Waals surface area contributed by atoms with Gasteiger partial charge in [0.05, 0.1) is 6.61 Å². The molecule has 0 unspecified atom stereocenters. The van der Waals surface area contributed by atoms with Crippen LogP contribution in [0.15, 0.2) is 11.6 Å². The molecular weight excluding hydrogens is 140 g/mol. The maximum atomic E-state index is 10.4. The number of hydrogen-bond acceptors (Lipinski definition) is 2. The fourth-order valence-electron chi connectivity index (χ4n) is 0.302. The van der Waals surface area contributed by atoms with E-state index in [9.17, 15) is 4.79 Å². The summed E-state index contributed by atoms with van der Waals surface area (Å²) in [6.07, 6.45) is 2.01. The van der Waals surface area contributed by atoms with E-state index in [1.165, 1.54) is 6.08 Å². The van der Waals surface area contributed by atoms with Gasteiger partial charge in [-0.1, -0.05) is 18.5 Å². The monoisotopic (exact) mass is 148 g/mol. The van der Waals surface area contributed by atoms with Crippen molar-refractivity contribution >= 4 is 17.6 Å². The quantitative estimate of drug-likeness (QED) is 0.450. The highest BCUT2D eigenvalue weighted by molar-refractivity contribution is 6.26. The zero-order valence-corrected chi connectivity index (χ0v) is 6.02. The Hall–Kier alpha value is -0.500. The van der Waals surface area contributed by atoms with Gasteiger partial charge in [0.1, 0.15) is 0 Å². The van der Waals surface area contributed by atoms with Crippen molar-refractivity contribution in [2.45, 2.75) is 13.3 Å². The average molecular weight is 149 g/mol. The van der Waals surface area contributed by atoms with Gasteiger partial charge in [-0.3, -0.25) is 0 Å². The third-order valence-corrected chi connectivity index (χ3v) is 0.774. The van der Waals surface area contributed by atoms with Gasteiger partial charge in [-0.2, -0.15) is 0 Å². The normalized spacial score (nSPS) is 10.0. The fraction of sp³-hybridized carbons (Fsp3) is 0.500. The summed E-state index contributed by atoms with van der Waals surface area (Å²) >= 11 is 5.09. The largest absolute Gasteiger partial charge is 0.463 e. The Labute approximate surface area is 59.5 Å². The minimum Gasteiger partial charge on any atom is -0.463 e. The molecule has 0 aromatic heterocycles. The summed E-state index contributed by atoms with van der Waals surface area (Å²) in [7, 11) is 0. The Morgan fingerprint density at radius 2 is 2.44 bits per heavy atom. The Bertz CT molecular complexity index is 110. The van der Waals surface area contributed by atoms with Crippen molar-refractivity contribution in [3.63, 3.8) is 0 Å². The van der Waals surface area contributed by atoms with Crippen LogP contribution < -0.4 is 0 Å². The molecule has 9 heavy (non-hydrogen) atoms. The van der Waals surface area contributed by atoms with E-state index < -0.39 is 0 Å². The number of carbonyl (C=O) groups excluding carboxylic acids is 1. The Balaban J connectivity index is 3.27. The molecular formula is C6H9ClO2. The molecule has 0 aliphatic heterocycles. The summed E-state index contributed by atoms with van der Waals surface area (Å²) in [5, 5.41) is 0. The second kappa shape index (κ2) is 5.63. The number of halogens is 1. The number of ether oxygens (including phenoxy) is 1. The summed E-state index contributed by atoms with van der Waals surface area (Å²) < 4.78 is 4.62. The van der Waals surface area contributed by atoms with E-state index in [0.29, 0.717) is 6.61 Å². The van der Waals surface area contributed by atoms with Crippen LogP contribution >= 0.6 is 11.6 Å². The number of carbonyl (C=O) groups is 1. The van der Waals surface area contributed by atoms with Crippen LogP contribution in [0.5, 0.6) is 0 Å². The number of rotatable bonds is 3. The van der Waals surface area contributed by atoms with Gasteiger partial charge in [0.25, 0.3) is 0 Å². The minimum atomic E-state index is -0.383. The van der Waals surface area contributed by atoms with E-state index in [0.717, 1.165) is 12.0 Å². The maximum absolute atomic E-state index is 10.4. The van der Waals surface area contributed by atoms with E-state index in [-0.39, 0.29) is 5.97 Å². The lowest BCUT2D eigenvalue weighted by Gasteiger charge is -1.95. The predicted octanol–water partition coefficient (Wildman–Crippen LogP) is 1.69. The van der Waals surface area contributed by atoms with Crippen LogP contribution in [0.2, 0.25) is 0 Å². The molecule has 0 fully saturated rings. The Morgan fingerprint density at radius 3 is 2.89 bits per heavy atom. The standard InChI is InChI=1S/C6H9ClO2/c1-2-5-9-6(8)3-4-7/h3-4H,2,5H2,1H3. The molecule has 0 radical (unpaired) electrons. The van der Waals surface area contributed by atoms with Gasteiger partial charge in [-0.15, -0.1) is 0 Å². The molecule has 0 saturated carbocycles. The van der Waals surface area contributed by atoms with E-state index in [4.69, 9.17) is 11.6 Å². The SMILES string of the molecule is CCCOC(=O)C=CCl. The first-order valence-electron chi connectivity index (χ1n) is 2.74. The highest BCUT2D eigenvalue weighted by Gasteiger charge is 1.91. The van der Waals surface area contributed by atoms with Gasteiger partial charge >= 0.3 is 5.97 Å². The highest BCUT2D eigenvalue weighted by atomic mass is 35.5. The molecule has 0 bridgehead atoms. The van der Waals surface area contributed by atoms with E-state index in [1.54, 1.807) is 0 Å². The molecule has 52 valence electrons. The van der Waals surface area contributed by atoms with Crippen molar-refractivity contribution in [3.05, 3.63) is 11.6 Å². The number of hydrogen-bond donors (Lipinski definition) is 0. The maximum Gasteiger partial charge on any atom is 0.331 e. The fourth-order valence-corrected chi connectivity index (χ4v) is 0.405. The van der Waals surface area contributed by atoms with Crippen LogP contribution in [0.1, 0.15) is 13.3 Å². The lowest BCUT2D eigenvalue weighted by Crippen LogP contribution is -2.00. The van der Waals surface area contributed by atoms with Crippen LogP contribution in [0, 0.1) is 0 Å². The smallest absolute Gasteiger partial charge is 0.331 e. The molecule has 0 heterocycles. The first-order valence-corrected chi connectivity index (χ1v) is 3.18. The summed E-state index contributed by atoms with van der Waals surface area (Å²) in [5.41, 5.74) is 1.14. The van der Waals surface area contributed by atoms with Crippen molar-refractivity contribution in [3.8, 4) is 0 Å². The zero-order valence-electron chi connectivity index (χ0n) is 5.26. The van der Waals surface area contributed by atoms with Crippen molar-refractivity contribution in [2.75, 3.05) is 6.61 Å². The molecule has 0 aromatic carbocycles. The van der Waals surface area contributed by atoms with Crippen molar-refractivity contribution < 1.29 is 9.53 Å². The lowest BCUT2D eigenvalue weighted by molar-refractivity contribution is -0.137. The van der Waals surface area contributed by atoms with Crippen LogP contribution in [0.25, 0.3) is 0 Å². The molecule has 0 aliphatic rings. The Kier molecular flexibility index (Phi) is 5.32. The third-order valence-electron chi connectivity index (χ3n) is 0.648. The highest BCUT2D eigenvalue weighted by Crippen LogP contribution is 1.85. The molecule has 0 spiro atoms. The van der Waals surface area contributed by atoms with Gasteiger partial charge in [-0.05, 0) is 6.42 Å². The predicted molar refractivity (Wildman–Crippen MR) is 36.2 cm³/mol. The second-order valence-electron chi connectivity index (χ2n) is 1.46. The number of esters is 1.